The van der Waals surface area contributed by atoms with Gasteiger partial charge in [-0.1, -0.05) is 11.8 Å². The first kappa shape index (κ1) is 18.9. The topological polar surface area (TPSA) is 66.3 Å². The number of carbonyl (C=O) groups excluding carboxylic acids is 1. The Labute approximate surface area is 156 Å². The molecule has 0 aliphatic carbocycles. The molecule has 1 fully saturated rings. The summed E-state index contributed by atoms with van der Waals surface area (Å²) in [5.41, 5.74) is -0.182. The number of aliphatic hydroxyl groups is 1. The molecule has 1 aromatic heterocycles. The Kier molecular flexibility index (Phi) is 5.19. The van der Waals surface area contributed by atoms with Gasteiger partial charge in [0.2, 0.25) is 5.82 Å². The third-order valence-corrected chi connectivity index (χ3v) is 4.51. The number of aliphatic hydroxyl groups excluding tert-OH is 1. The third kappa shape index (κ3) is 4.29. The molecule has 1 N–H and O–H groups in total. The van der Waals surface area contributed by atoms with Crippen LogP contribution in [0.4, 0.5) is 8.78 Å². The van der Waals surface area contributed by atoms with Gasteiger partial charge in [-0.2, -0.15) is 0 Å². The first-order valence-corrected chi connectivity index (χ1v) is 8.55. The molecule has 1 amide bonds. The van der Waals surface area contributed by atoms with Crippen LogP contribution in [-0.4, -0.2) is 44.1 Å². The SMILES string of the molecule is CC1(C)CC(O)CCN1C(=O)c1ncc(C#Cc2cc(F)ccc2F)cn1. The number of nitrogens with zero attached hydrogens (tertiary/aromatic N) is 3. The van der Waals surface area contributed by atoms with Gasteiger partial charge in [0.1, 0.15) is 11.6 Å². The summed E-state index contributed by atoms with van der Waals surface area (Å²) in [6, 6.07) is 3.04. The molecule has 5 nitrogen and oxygen atoms in total. The van der Waals surface area contributed by atoms with Crippen LogP contribution in [0.25, 0.3) is 0 Å². The van der Waals surface area contributed by atoms with Gasteiger partial charge in [-0.15, -0.1) is 0 Å². The van der Waals surface area contributed by atoms with Crippen LogP contribution >= 0.6 is 0 Å². The van der Waals surface area contributed by atoms with Crippen LogP contribution in [0, 0.1) is 23.5 Å². The van der Waals surface area contributed by atoms with Crippen molar-refractivity contribution in [1.82, 2.24) is 14.9 Å². The van der Waals surface area contributed by atoms with Gasteiger partial charge < -0.3 is 10.0 Å². The molecule has 0 spiro atoms. The van der Waals surface area contributed by atoms with Crippen molar-refractivity contribution in [3.63, 3.8) is 0 Å². The number of hydrogen-bond acceptors (Lipinski definition) is 4. The zero-order valence-corrected chi connectivity index (χ0v) is 15.0. The quantitative estimate of drug-likeness (QED) is 0.783. The fourth-order valence-electron chi connectivity index (χ4n) is 3.10. The van der Waals surface area contributed by atoms with E-state index in [1.165, 1.54) is 12.4 Å². The fourth-order valence-corrected chi connectivity index (χ4v) is 3.10. The van der Waals surface area contributed by atoms with Crippen LogP contribution in [0.1, 0.15) is 48.4 Å². The highest BCUT2D eigenvalue weighted by Crippen LogP contribution is 2.28. The number of rotatable bonds is 1. The van der Waals surface area contributed by atoms with Crippen LogP contribution in [0.3, 0.4) is 0 Å². The van der Waals surface area contributed by atoms with Gasteiger partial charge in [-0.25, -0.2) is 18.7 Å². The first-order valence-electron chi connectivity index (χ1n) is 8.55. The molecule has 27 heavy (non-hydrogen) atoms. The molecular formula is C20H19F2N3O2. The van der Waals surface area contributed by atoms with E-state index in [0.29, 0.717) is 24.9 Å². The number of likely N-dealkylation sites (tertiary alicyclic amines) is 1. The van der Waals surface area contributed by atoms with E-state index < -0.39 is 23.3 Å². The predicted molar refractivity (Wildman–Crippen MR) is 94.7 cm³/mol. The van der Waals surface area contributed by atoms with Crippen LogP contribution in [0.2, 0.25) is 0 Å². The van der Waals surface area contributed by atoms with E-state index in [-0.39, 0.29) is 17.3 Å². The summed E-state index contributed by atoms with van der Waals surface area (Å²) in [6.45, 7) is 4.21. The average Bonchev–Trinajstić information content (AvgIpc) is 2.61. The molecule has 1 unspecified atom stereocenters. The molecule has 3 rings (SSSR count). The number of halogens is 2. The van der Waals surface area contributed by atoms with E-state index in [9.17, 15) is 18.7 Å². The Balaban J connectivity index is 1.77. The fraction of sp³-hybridized carbons (Fsp3) is 0.350. The molecule has 1 aromatic carbocycles. The molecular weight excluding hydrogens is 352 g/mol. The van der Waals surface area contributed by atoms with Gasteiger partial charge >= 0.3 is 0 Å². The maximum absolute atomic E-state index is 13.6. The van der Waals surface area contributed by atoms with Crippen molar-refractivity contribution in [3.8, 4) is 11.8 Å². The molecule has 0 radical (unpaired) electrons. The highest BCUT2D eigenvalue weighted by Gasteiger charge is 2.38. The van der Waals surface area contributed by atoms with E-state index >= 15 is 0 Å². The first-order chi connectivity index (χ1) is 12.8. The lowest BCUT2D eigenvalue weighted by molar-refractivity contribution is 0.00252. The Morgan fingerprint density at radius 2 is 1.96 bits per heavy atom. The van der Waals surface area contributed by atoms with E-state index in [1.54, 1.807) is 4.90 Å². The zero-order valence-electron chi connectivity index (χ0n) is 15.0. The largest absolute Gasteiger partial charge is 0.393 e. The van der Waals surface area contributed by atoms with Crippen molar-refractivity contribution >= 4 is 5.91 Å². The van der Waals surface area contributed by atoms with Gasteiger partial charge in [0.15, 0.2) is 0 Å². The lowest BCUT2D eigenvalue weighted by Gasteiger charge is -2.43. The van der Waals surface area contributed by atoms with E-state index in [1.807, 2.05) is 13.8 Å². The third-order valence-electron chi connectivity index (χ3n) is 4.51. The zero-order chi connectivity index (χ0) is 19.6. The second-order valence-electron chi connectivity index (χ2n) is 7.09. The van der Waals surface area contributed by atoms with Gasteiger partial charge in [0.25, 0.3) is 5.91 Å². The predicted octanol–water partition coefficient (Wildman–Crippen LogP) is 2.53. The molecule has 1 atom stereocenters. The summed E-state index contributed by atoms with van der Waals surface area (Å²) in [4.78, 5) is 22.5. The van der Waals surface area contributed by atoms with Gasteiger partial charge in [0.05, 0.1) is 17.2 Å². The maximum Gasteiger partial charge on any atom is 0.292 e. The standard InChI is InChI=1S/C20H19F2N3O2/c1-20(2)10-16(26)7-8-25(20)19(27)18-23-11-13(12-24-18)3-4-14-9-15(21)5-6-17(14)22/h5-6,9,11-12,16,26H,7-8,10H2,1-2H3. The highest BCUT2D eigenvalue weighted by molar-refractivity contribution is 5.91. The summed E-state index contributed by atoms with van der Waals surface area (Å²) in [5, 5.41) is 9.81. The van der Waals surface area contributed by atoms with Crippen LogP contribution in [0.15, 0.2) is 30.6 Å². The maximum atomic E-state index is 13.6. The monoisotopic (exact) mass is 371 g/mol. The number of aromatic nitrogens is 2. The molecule has 1 aliphatic rings. The summed E-state index contributed by atoms with van der Waals surface area (Å²) in [7, 11) is 0. The van der Waals surface area contributed by atoms with Gasteiger partial charge in [-0.3, -0.25) is 4.79 Å². The second kappa shape index (κ2) is 7.41. The Morgan fingerprint density at radius 1 is 1.26 bits per heavy atom. The molecule has 140 valence electrons. The smallest absolute Gasteiger partial charge is 0.292 e. The number of benzene rings is 1. The van der Waals surface area contributed by atoms with Gasteiger partial charge in [0, 0.05) is 24.5 Å². The Morgan fingerprint density at radius 3 is 2.63 bits per heavy atom. The van der Waals surface area contributed by atoms with Crippen LogP contribution in [-0.2, 0) is 0 Å². The van der Waals surface area contributed by atoms with Crippen LogP contribution < -0.4 is 0 Å². The number of piperidine rings is 1. The molecule has 1 aliphatic heterocycles. The number of carbonyl (C=O) groups is 1. The lowest BCUT2D eigenvalue weighted by atomic mass is 9.88. The Hall–Kier alpha value is -2.85. The minimum absolute atomic E-state index is 0.0296. The second-order valence-corrected chi connectivity index (χ2v) is 7.09. The van der Waals surface area contributed by atoms with Crippen molar-refractivity contribution in [2.45, 2.75) is 38.3 Å². The van der Waals surface area contributed by atoms with E-state index in [0.717, 1.165) is 18.2 Å². The van der Waals surface area contributed by atoms with Crippen molar-refractivity contribution in [1.29, 1.82) is 0 Å². The summed E-state index contributed by atoms with van der Waals surface area (Å²) >= 11 is 0. The molecule has 2 heterocycles. The minimum atomic E-state index is -0.619. The molecule has 0 bridgehead atoms. The van der Waals surface area contributed by atoms with Crippen molar-refractivity contribution in [2.75, 3.05) is 6.54 Å². The summed E-state index contributed by atoms with van der Waals surface area (Å²) in [5.74, 6) is 3.71. The molecule has 7 heteroatoms. The van der Waals surface area contributed by atoms with E-state index in [2.05, 4.69) is 21.8 Å². The minimum Gasteiger partial charge on any atom is -0.393 e. The van der Waals surface area contributed by atoms with Crippen molar-refractivity contribution in [3.05, 3.63) is 59.2 Å². The van der Waals surface area contributed by atoms with Crippen molar-refractivity contribution < 1.29 is 18.7 Å². The molecule has 1 saturated heterocycles. The Bertz CT molecular complexity index is 917. The number of amides is 1. The molecule has 0 saturated carbocycles. The van der Waals surface area contributed by atoms with Crippen LogP contribution in [0.5, 0.6) is 0 Å². The highest BCUT2D eigenvalue weighted by atomic mass is 19.1. The van der Waals surface area contributed by atoms with Crippen molar-refractivity contribution in [2.24, 2.45) is 0 Å². The summed E-state index contributed by atoms with van der Waals surface area (Å²) in [6.07, 6.45) is 3.32. The van der Waals surface area contributed by atoms with Gasteiger partial charge in [-0.05, 0) is 44.9 Å². The van der Waals surface area contributed by atoms with E-state index in [4.69, 9.17) is 0 Å². The average molecular weight is 371 g/mol. The summed E-state index contributed by atoms with van der Waals surface area (Å²) < 4.78 is 26.7. The normalized spacial score (nSPS) is 18.6. The number of hydrogen-bond donors (Lipinski definition) is 1. The lowest BCUT2D eigenvalue weighted by Crippen LogP contribution is -2.54. The molecule has 2 aromatic rings.